The molecule has 0 amide bonds. The third-order valence-electron chi connectivity index (χ3n) is 3.54. The Hall–Kier alpha value is -0.405. The molecule has 8 heteroatoms. The van der Waals surface area contributed by atoms with E-state index in [4.69, 9.17) is 9.31 Å². The fourth-order valence-corrected chi connectivity index (χ4v) is 3.61. The van der Waals surface area contributed by atoms with Crippen LogP contribution in [0.4, 0.5) is 0 Å². The largest absolute Gasteiger partial charge is 0.494 e. The Balaban J connectivity index is 2.32. The van der Waals surface area contributed by atoms with Crippen molar-refractivity contribution in [1.82, 2.24) is 4.31 Å². The summed E-state index contributed by atoms with van der Waals surface area (Å²) < 4.78 is 37.2. The van der Waals surface area contributed by atoms with Gasteiger partial charge in [-0.05, 0) is 23.2 Å². The molecule has 22 heavy (non-hydrogen) atoms. The third-order valence-corrected chi connectivity index (χ3v) is 5.96. The van der Waals surface area contributed by atoms with Crippen LogP contribution in [-0.4, -0.2) is 47.2 Å². The van der Waals surface area contributed by atoms with Crippen molar-refractivity contribution in [3.05, 3.63) is 23.8 Å². The van der Waals surface area contributed by atoms with E-state index in [1.54, 1.807) is 18.2 Å². The number of hydrogen-bond acceptors (Lipinski definition) is 4. The van der Waals surface area contributed by atoms with Crippen LogP contribution in [0.1, 0.15) is 19.4 Å². The van der Waals surface area contributed by atoms with E-state index in [0.29, 0.717) is 18.5 Å². The molecule has 0 saturated carbocycles. The smallest absolute Gasteiger partial charge is 0.407 e. The lowest BCUT2D eigenvalue weighted by molar-refractivity contribution is 0.0342. The van der Waals surface area contributed by atoms with Crippen LogP contribution < -0.4 is 5.46 Å². The first-order valence-corrected chi connectivity index (χ1v) is 9.58. The maximum absolute atomic E-state index is 12.2. The molecule has 1 fully saturated rings. The van der Waals surface area contributed by atoms with Crippen molar-refractivity contribution in [2.24, 2.45) is 5.41 Å². The van der Waals surface area contributed by atoms with Crippen molar-refractivity contribution in [2.45, 2.75) is 24.1 Å². The van der Waals surface area contributed by atoms with Gasteiger partial charge in [0.05, 0.1) is 4.90 Å². The summed E-state index contributed by atoms with van der Waals surface area (Å²) in [6, 6.07) is 5.05. The fourth-order valence-electron chi connectivity index (χ4n) is 2.17. The number of benzene rings is 1. The van der Waals surface area contributed by atoms with Crippen LogP contribution in [0.5, 0.6) is 0 Å². The van der Waals surface area contributed by atoms with Crippen LogP contribution >= 0.6 is 15.9 Å². The number of rotatable bonds is 4. The number of nitrogens with zero attached hydrogens (tertiary/aromatic N) is 1. The molecule has 0 radical (unpaired) electrons. The maximum atomic E-state index is 12.2. The van der Waals surface area contributed by atoms with E-state index in [2.05, 4.69) is 29.8 Å². The summed E-state index contributed by atoms with van der Waals surface area (Å²) in [5.74, 6) is 0. The van der Waals surface area contributed by atoms with Crippen molar-refractivity contribution < 1.29 is 17.7 Å². The molecule has 0 atom stereocenters. The second-order valence-electron chi connectivity index (χ2n) is 6.40. The number of hydrogen-bond donors (Lipinski definition) is 0. The molecule has 5 nitrogen and oxygen atoms in total. The van der Waals surface area contributed by atoms with Gasteiger partial charge in [0.25, 0.3) is 0 Å². The number of alkyl halides is 1. The summed E-state index contributed by atoms with van der Waals surface area (Å²) in [6.07, 6.45) is 0. The minimum atomic E-state index is -3.44. The molecular formula is C14H21BBrNO4S. The quantitative estimate of drug-likeness (QED) is 0.579. The van der Waals surface area contributed by atoms with Crippen LogP contribution in [0.2, 0.25) is 0 Å². The Morgan fingerprint density at radius 3 is 2.36 bits per heavy atom. The molecule has 0 aliphatic carbocycles. The van der Waals surface area contributed by atoms with Crippen molar-refractivity contribution in [2.75, 3.05) is 27.3 Å². The molecular weight excluding hydrogens is 369 g/mol. The zero-order valence-electron chi connectivity index (χ0n) is 13.3. The zero-order valence-corrected chi connectivity index (χ0v) is 15.7. The second kappa shape index (κ2) is 6.61. The van der Waals surface area contributed by atoms with Gasteiger partial charge in [-0.3, -0.25) is 0 Å². The van der Waals surface area contributed by atoms with Gasteiger partial charge >= 0.3 is 7.12 Å². The van der Waals surface area contributed by atoms with Crippen LogP contribution in [-0.2, 0) is 24.7 Å². The van der Waals surface area contributed by atoms with E-state index in [1.807, 2.05) is 0 Å². The predicted octanol–water partition coefficient (Wildman–Crippen LogP) is 1.60. The van der Waals surface area contributed by atoms with Crippen LogP contribution in [0.3, 0.4) is 0 Å². The van der Waals surface area contributed by atoms with E-state index < -0.39 is 17.1 Å². The molecule has 1 aromatic rings. The molecule has 1 aromatic carbocycles. The molecule has 2 rings (SSSR count). The Bertz CT molecular complexity index is 638. The first kappa shape index (κ1) is 17.9. The molecule has 1 saturated heterocycles. The first-order valence-electron chi connectivity index (χ1n) is 7.02. The Labute approximate surface area is 141 Å². The average Bonchev–Trinajstić information content (AvgIpc) is 2.46. The SMILES string of the molecule is CN(C)S(=O)(=O)c1ccc(B2OCC(C)(C)CO2)c(CBr)c1. The average molecular weight is 390 g/mol. The summed E-state index contributed by atoms with van der Waals surface area (Å²) in [5.41, 5.74) is 1.72. The minimum absolute atomic E-state index is 0.000726. The molecule has 0 spiro atoms. The molecule has 1 heterocycles. The normalized spacial score (nSPS) is 18.7. The molecule has 0 unspecified atom stereocenters. The zero-order chi connectivity index (χ0) is 16.5. The maximum Gasteiger partial charge on any atom is 0.494 e. The van der Waals surface area contributed by atoms with Gasteiger partial charge in [0, 0.05) is 38.1 Å². The van der Waals surface area contributed by atoms with Crippen LogP contribution in [0.25, 0.3) is 0 Å². The predicted molar refractivity (Wildman–Crippen MR) is 91.0 cm³/mol. The summed E-state index contributed by atoms with van der Waals surface area (Å²) in [4.78, 5) is 0.270. The van der Waals surface area contributed by atoms with Gasteiger partial charge in [-0.1, -0.05) is 35.8 Å². The molecule has 122 valence electrons. The summed E-state index contributed by atoms with van der Waals surface area (Å²) in [7, 11) is -0.852. The Kier molecular flexibility index (Phi) is 5.39. The molecule has 0 bridgehead atoms. The van der Waals surface area contributed by atoms with Gasteiger partial charge in [-0.2, -0.15) is 0 Å². The lowest BCUT2D eigenvalue weighted by atomic mass is 9.73. The van der Waals surface area contributed by atoms with Crippen molar-refractivity contribution >= 4 is 38.5 Å². The number of sulfonamides is 1. The van der Waals surface area contributed by atoms with Crippen LogP contribution in [0, 0.1) is 5.41 Å². The van der Waals surface area contributed by atoms with Crippen LogP contribution in [0.15, 0.2) is 23.1 Å². The molecule has 1 aliphatic rings. The van der Waals surface area contributed by atoms with Gasteiger partial charge in [-0.15, -0.1) is 0 Å². The monoisotopic (exact) mass is 389 g/mol. The highest BCUT2D eigenvalue weighted by atomic mass is 79.9. The Morgan fingerprint density at radius 2 is 1.86 bits per heavy atom. The standard InChI is InChI=1S/C14H21BBrNO4S/c1-14(2)9-20-15(21-10-14)13-6-5-12(7-11(13)8-16)22(18,19)17(3)4/h5-7H,8-10H2,1-4H3. The topological polar surface area (TPSA) is 55.8 Å². The summed E-state index contributed by atoms with van der Waals surface area (Å²) >= 11 is 3.42. The van der Waals surface area contributed by atoms with Gasteiger partial charge in [0.15, 0.2) is 0 Å². The van der Waals surface area contributed by atoms with Crippen molar-refractivity contribution in [3.63, 3.8) is 0 Å². The highest BCUT2D eigenvalue weighted by Crippen LogP contribution is 2.23. The molecule has 0 N–H and O–H groups in total. The first-order chi connectivity index (χ1) is 10.2. The lowest BCUT2D eigenvalue weighted by Crippen LogP contribution is -2.48. The van der Waals surface area contributed by atoms with Gasteiger partial charge in [0.1, 0.15) is 0 Å². The fraction of sp³-hybridized carbons (Fsp3) is 0.571. The molecule has 1 aliphatic heterocycles. The third kappa shape index (κ3) is 3.73. The van der Waals surface area contributed by atoms with E-state index in [-0.39, 0.29) is 10.3 Å². The van der Waals surface area contributed by atoms with Gasteiger partial charge in [-0.25, -0.2) is 12.7 Å². The van der Waals surface area contributed by atoms with Gasteiger partial charge in [0.2, 0.25) is 10.0 Å². The summed E-state index contributed by atoms with van der Waals surface area (Å²) in [6.45, 7) is 5.39. The minimum Gasteiger partial charge on any atom is -0.407 e. The van der Waals surface area contributed by atoms with Crippen molar-refractivity contribution in [3.8, 4) is 0 Å². The van der Waals surface area contributed by atoms with E-state index in [1.165, 1.54) is 18.4 Å². The van der Waals surface area contributed by atoms with E-state index >= 15 is 0 Å². The lowest BCUT2D eigenvalue weighted by Gasteiger charge is -2.33. The molecule has 0 aromatic heterocycles. The second-order valence-corrected chi connectivity index (χ2v) is 9.11. The van der Waals surface area contributed by atoms with Crippen molar-refractivity contribution in [1.29, 1.82) is 0 Å². The van der Waals surface area contributed by atoms with Gasteiger partial charge < -0.3 is 9.31 Å². The highest BCUT2D eigenvalue weighted by Gasteiger charge is 2.35. The number of halogens is 1. The Morgan fingerprint density at radius 1 is 1.27 bits per heavy atom. The summed E-state index contributed by atoms with van der Waals surface area (Å²) in [5, 5.41) is 0.533. The van der Waals surface area contributed by atoms with E-state index in [0.717, 1.165) is 11.0 Å². The van der Waals surface area contributed by atoms with E-state index in [9.17, 15) is 8.42 Å². The highest BCUT2D eigenvalue weighted by molar-refractivity contribution is 9.08.